The summed E-state index contributed by atoms with van der Waals surface area (Å²) in [5.74, 6) is 1.89. The van der Waals surface area contributed by atoms with Crippen LogP contribution in [-0.2, 0) is 0 Å². The van der Waals surface area contributed by atoms with E-state index in [-0.39, 0.29) is 0 Å². The van der Waals surface area contributed by atoms with Crippen molar-refractivity contribution in [2.75, 3.05) is 6.16 Å². The second-order valence-corrected chi connectivity index (χ2v) is 9.43. The molecule has 22 heavy (non-hydrogen) atoms. The summed E-state index contributed by atoms with van der Waals surface area (Å²) in [5, 5.41) is 0. The molecule has 0 heterocycles. The van der Waals surface area contributed by atoms with Crippen molar-refractivity contribution in [1.29, 1.82) is 0 Å². The molecule has 0 fully saturated rings. The molecule has 4 heteroatoms. The Balaban J connectivity index is 2.18. The van der Waals surface area contributed by atoms with Crippen molar-refractivity contribution < 1.29 is 9.05 Å². The lowest BCUT2D eigenvalue weighted by atomic mass is 10.2. The molecule has 2 nitrogen and oxygen atoms in total. The normalized spacial score (nSPS) is 11.5. The quantitative estimate of drug-likeness (QED) is 0.566. The van der Waals surface area contributed by atoms with Crippen molar-refractivity contribution in [2.24, 2.45) is 5.92 Å². The van der Waals surface area contributed by atoms with Crippen LogP contribution < -0.4 is 9.05 Å². The van der Waals surface area contributed by atoms with Gasteiger partial charge in [-0.2, -0.15) is 0 Å². The van der Waals surface area contributed by atoms with Crippen molar-refractivity contribution in [3.05, 3.63) is 59.7 Å². The molecule has 0 radical (unpaired) electrons. The van der Waals surface area contributed by atoms with Gasteiger partial charge < -0.3 is 0 Å². The van der Waals surface area contributed by atoms with Gasteiger partial charge in [-0.25, -0.2) is 0 Å². The molecular formula is C18H23ClO2P+. The summed E-state index contributed by atoms with van der Waals surface area (Å²) in [7, 11) is -2.53. The van der Waals surface area contributed by atoms with Gasteiger partial charge in [-0.1, -0.05) is 49.2 Å². The van der Waals surface area contributed by atoms with Crippen LogP contribution in [0.3, 0.4) is 0 Å². The average Bonchev–Trinajstić information content (AvgIpc) is 2.43. The predicted octanol–water partition coefficient (Wildman–Crippen LogP) is 6.42. The van der Waals surface area contributed by atoms with Gasteiger partial charge in [0, 0.05) is 0 Å². The lowest BCUT2D eigenvalue weighted by Crippen LogP contribution is -2.11. The van der Waals surface area contributed by atoms with Crippen LogP contribution in [0.25, 0.3) is 0 Å². The molecule has 0 saturated heterocycles. The highest BCUT2D eigenvalue weighted by Gasteiger charge is 2.45. The van der Waals surface area contributed by atoms with E-state index in [0.29, 0.717) is 12.1 Å². The van der Waals surface area contributed by atoms with Crippen molar-refractivity contribution in [1.82, 2.24) is 0 Å². The first-order valence-electron chi connectivity index (χ1n) is 7.46. The molecule has 0 unspecified atom stereocenters. The van der Waals surface area contributed by atoms with Gasteiger partial charge in [0.1, 0.15) is 6.16 Å². The molecule has 0 amide bonds. The van der Waals surface area contributed by atoms with Crippen LogP contribution in [0.5, 0.6) is 11.5 Å². The maximum atomic E-state index is 6.75. The molecule has 0 aliphatic heterocycles. The number of rotatable bonds is 6. The summed E-state index contributed by atoms with van der Waals surface area (Å²) in [6.45, 7) is 8.33. The van der Waals surface area contributed by atoms with E-state index in [1.165, 1.54) is 11.1 Å². The Bertz CT molecular complexity index is 546. The first-order chi connectivity index (χ1) is 10.4. The Kier molecular flexibility index (Phi) is 5.72. The Labute approximate surface area is 138 Å². The van der Waals surface area contributed by atoms with Crippen LogP contribution in [-0.4, -0.2) is 6.16 Å². The van der Waals surface area contributed by atoms with Crippen molar-refractivity contribution in [3.8, 4) is 11.5 Å². The second-order valence-electron chi connectivity index (χ2n) is 5.98. The molecule has 0 aromatic heterocycles. The van der Waals surface area contributed by atoms with Crippen LogP contribution in [0, 0.1) is 19.8 Å². The minimum Gasteiger partial charge on any atom is -0.291 e. The standard InChI is InChI=1S/C18H23ClO2P/c1-14(2)13-22(19,20-17-9-5-15(3)6-10-17)21-18-11-7-16(4)8-12-18/h5-12,14H,13H2,1-4H3/q+1. The zero-order valence-electron chi connectivity index (χ0n) is 13.5. The molecule has 2 aromatic carbocycles. The Morgan fingerprint density at radius 2 is 1.18 bits per heavy atom. The predicted molar refractivity (Wildman–Crippen MR) is 96.1 cm³/mol. The maximum Gasteiger partial charge on any atom is 0.460 e. The fraction of sp³-hybridized carbons (Fsp3) is 0.333. The lowest BCUT2D eigenvalue weighted by Gasteiger charge is -2.19. The van der Waals surface area contributed by atoms with Crippen LogP contribution in [0.2, 0.25) is 0 Å². The van der Waals surface area contributed by atoms with Gasteiger partial charge in [0.25, 0.3) is 0 Å². The van der Waals surface area contributed by atoms with E-state index in [2.05, 4.69) is 13.8 Å². The zero-order valence-corrected chi connectivity index (χ0v) is 15.2. The fourth-order valence-corrected chi connectivity index (χ4v) is 5.28. The third-order valence-electron chi connectivity index (χ3n) is 3.11. The van der Waals surface area contributed by atoms with E-state index in [1.807, 2.05) is 62.4 Å². The first kappa shape index (κ1) is 17.1. The minimum atomic E-state index is -2.53. The zero-order chi connectivity index (χ0) is 16.2. The van der Waals surface area contributed by atoms with Crippen LogP contribution in [0.4, 0.5) is 0 Å². The number of halogens is 1. The van der Waals surface area contributed by atoms with Crippen molar-refractivity contribution in [3.63, 3.8) is 0 Å². The molecule has 2 rings (SSSR count). The smallest absolute Gasteiger partial charge is 0.291 e. The van der Waals surface area contributed by atoms with Gasteiger partial charge in [-0.15, -0.1) is 0 Å². The van der Waals surface area contributed by atoms with E-state index < -0.39 is 7.07 Å². The van der Waals surface area contributed by atoms with Gasteiger partial charge in [-0.05, 0) is 44.0 Å². The minimum absolute atomic E-state index is 0.390. The summed E-state index contributed by atoms with van der Waals surface area (Å²) >= 11 is 6.75. The van der Waals surface area contributed by atoms with Crippen LogP contribution in [0.15, 0.2) is 48.5 Å². The van der Waals surface area contributed by atoms with E-state index in [1.54, 1.807) is 0 Å². The third kappa shape index (κ3) is 5.19. The highest BCUT2D eigenvalue weighted by molar-refractivity contribution is 7.92. The highest BCUT2D eigenvalue weighted by atomic mass is 35.7. The molecular weight excluding hydrogens is 315 g/mol. The monoisotopic (exact) mass is 337 g/mol. The number of aryl methyl sites for hydroxylation is 2. The largest absolute Gasteiger partial charge is 0.460 e. The van der Waals surface area contributed by atoms with Crippen molar-refractivity contribution in [2.45, 2.75) is 27.7 Å². The number of benzene rings is 2. The second kappa shape index (κ2) is 7.35. The van der Waals surface area contributed by atoms with E-state index in [0.717, 1.165) is 11.5 Å². The Hall–Kier alpha value is -1.24. The molecule has 0 bridgehead atoms. The van der Waals surface area contributed by atoms with Gasteiger partial charge in [0.2, 0.25) is 0 Å². The molecule has 0 N–H and O–H groups in total. The van der Waals surface area contributed by atoms with Crippen LogP contribution >= 0.6 is 18.3 Å². The number of hydrogen-bond donors (Lipinski definition) is 0. The Morgan fingerprint density at radius 3 is 1.50 bits per heavy atom. The molecule has 0 spiro atoms. The average molecular weight is 338 g/mol. The SMILES string of the molecule is Cc1ccc(O[P+](Cl)(CC(C)C)Oc2ccc(C)cc2)cc1. The molecule has 0 atom stereocenters. The molecule has 0 aliphatic rings. The summed E-state index contributed by atoms with van der Waals surface area (Å²) in [6.07, 6.45) is 0.691. The van der Waals surface area contributed by atoms with E-state index in [9.17, 15) is 0 Å². The molecule has 2 aromatic rings. The first-order valence-corrected chi connectivity index (χ1v) is 10.2. The summed E-state index contributed by atoms with van der Waals surface area (Å²) in [5.41, 5.74) is 2.38. The Morgan fingerprint density at radius 1 is 0.818 bits per heavy atom. The van der Waals surface area contributed by atoms with Crippen molar-refractivity contribution >= 4 is 18.3 Å². The molecule has 0 aliphatic carbocycles. The summed E-state index contributed by atoms with van der Waals surface area (Å²) < 4.78 is 12.1. The van der Waals surface area contributed by atoms with Gasteiger partial charge >= 0.3 is 7.07 Å². The van der Waals surface area contributed by atoms with Gasteiger partial charge in [0.15, 0.2) is 22.7 Å². The summed E-state index contributed by atoms with van der Waals surface area (Å²) in [6, 6.07) is 15.8. The lowest BCUT2D eigenvalue weighted by molar-refractivity contribution is 0.470. The third-order valence-corrected chi connectivity index (χ3v) is 6.07. The molecule has 118 valence electrons. The topological polar surface area (TPSA) is 18.5 Å². The van der Waals surface area contributed by atoms with E-state index in [4.69, 9.17) is 20.3 Å². The number of hydrogen-bond acceptors (Lipinski definition) is 2. The summed E-state index contributed by atoms with van der Waals surface area (Å²) in [4.78, 5) is 0. The van der Waals surface area contributed by atoms with Crippen LogP contribution in [0.1, 0.15) is 25.0 Å². The highest BCUT2D eigenvalue weighted by Crippen LogP contribution is 2.65. The van der Waals surface area contributed by atoms with E-state index >= 15 is 0 Å². The molecule has 0 saturated carbocycles. The van der Waals surface area contributed by atoms with Gasteiger partial charge in [0.05, 0.1) is 0 Å². The fourth-order valence-electron chi connectivity index (χ4n) is 2.04. The van der Waals surface area contributed by atoms with Gasteiger partial charge in [-0.3, -0.25) is 9.05 Å². The maximum absolute atomic E-state index is 6.75.